The molecule has 0 aliphatic rings. The van der Waals surface area contributed by atoms with Gasteiger partial charge in [-0.2, -0.15) is 0 Å². The monoisotopic (exact) mass is 388 g/mol. The van der Waals surface area contributed by atoms with E-state index in [4.69, 9.17) is 5.73 Å². The minimum atomic E-state index is -0.632. The van der Waals surface area contributed by atoms with Crippen LogP contribution in [0.3, 0.4) is 0 Å². The second-order valence-corrected chi connectivity index (χ2v) is 7.35. The summed E-state index contributed by atoms with van der Waals surface area (Å²) < 4.78 is 1.15. The number of hydrogen-bond donors (Lipinski definition) is 2. The Kier molecular flexibility index (Phi) is 4.58. The SMILES string of the molecule is Cc1ccc2nc(-c3ccc(NC(=O)c4ccc(C(N)=O)nc4)cc3)sc2c1. The largest absolute Gasteiger partial charge is 0.364 e. The fraction of sp³-hybridized carbons (Fsp3) is 0.0476. The van der Waals surface area contributed by atoms with Crippen LogP contribution in [-0.4, -0.2) is 21.8 Å². The summed E-state index contributed by atoms with van der Waals surface area (Å²) in [5.41, 5.74) is 9.45. The van der Waals surface area contributed by atoms with E-state index in [0.29, 0.717) is 11.3 Å². The topological polar surface area (TPSA) is 98.0 Å². The Hall–Kier alpha value is -3.58. The zero-order chi connectivity index (χ0) is 19.7. The molecule has 0 aliphatic carbocycles. The predicted octanol–water partition coefficient (Wildman–Crippen LogP) is 4.02. The summed E-state index contributed by atoms with van der Waals surface area (Å²) in [5.74, 6) is -0.945. The molecule has 0 spiro atoms. The van der Waals surface area contributed by atoms with Gasteiger partial charge < -0.3 is 11.1 Å². The van der Waals surface area contributed by atoms with Crippen LogP contribution >= 0.6 is 11.3 Å². The van der Waals surface area contributed by atoms with Gasteiger partial charge in [0.25, 0.3) is 11.8 Å². The quantitative estimate of drug-likeness (QED) is 0.552. The van der Waals surface area contributed by atoms with Gasteiger partial charge in [0, 0.05) is 17.4 Å². The van der Waals surface area contributed by atoms with Gasteiger partial charge in [0.15, 0.2) is 0 Å². The van der Waals surface area contributed by atoms with Crippen molar-refractivity contribution < 1.29 is 9.59 Å². The molecule has 6 nitrogen and oxygen atoms in total. The predicted molar refractivity (Wildman–Crippen MR) is 111 cm³/mol. The number of nitrogens with zero attached hydrogens (tertiary/aromatic N) is 2. The van der Waals surface area contributed by atoms with Crippen molar-refractivity contribution >= 4 is 39.1 Å². The number of carbonyl (C=O) groups excluding carboxylic acids is 2. The standard InChI is InChI=1S/C21H16N4O2S/c1-12-2-8-16-18(10-12)28-21(25-16)13-3-6-15(7-4-13)24-20(27)14-5-9-17(19(22)26)23-11-14/h2-11H,1H3,(H2,22,26)(H,24,27). The maximum absolute atomic E-state index is 12.3. The molecular formula is C21H16N4O2S. The molecule has 0 unspecified atom stereocenters. The maximum Gasteiger partial charge on any atom is 0.267 e. The normalized spacial score (nSPS) is 10.8. The number of nitrogens with two attached hydrogens (primary N) is 1. The molecule has 0 bridgehead atoms. The van der Waals surface area contributed by atoms with Crippen LogP contribution in [0.15, 0.2) is 60.8 Å². The van der Waals surface area contributed by atoms with E-state index in [-0.39, 0.29) is 11.6 Å². The molecular weight excluding hydrogens is 372 g/mol. The number of carbonyl (C=O) groups is 2. The third kappa shape index (κ3) is 3.60. The first-order chi connectivity index (χ1) is 13.5. The molecule has 0 aliphatic heterocycles. The van der Waals surface area contributed by atoms with Gasteiger partial charge in [-0.1, -0.05) is 6.07 Å². The third-order valence-electron chi connectivity index (χ3n) is 4.21. The highest BCUT2D eigenvalue weighted by Crippen LogP contribution is 2.31. The molecule has 2 amide bonds. The van der Waals surface area contributed by atoms with Gasteiger partial charge in [-0.3, -0.25) is 14.6 Å². The van der Waals surface area contributed by atoms with E-state index in [9.17, 15) is 9.59 Å². The Morgan fingerprint density at radius 2 is 1.82 bits per heavy atom. The number of nitrogens with one attached hydrogen (secondary N) is 1. The van der Waals surface area contributed by atoms with E-state index < -0.39 is 5.91 Å². The van der Waals surface area contributed by atoms with Crippen LogP contribution < -0.4 is 11.1 Å². The van der Waals surface area contributed by atoms with Gasteiger partial charge in [0.2, 0.25) is 0 Å². The van der Waals surface area contributed by atoms with Gasteiger partial charge in [0.1, 0.15) is 10.7 Å². The lowest BCUT2D eigenvalue weighted by atomic mass is 10.2. The van der Waals surface area contributed by atoms with Crippen molar-refractivity contribution in [3.8, 4) is 10.6 Å². The summed E-state index contributed by atoms with van der Waals surface area (Å²) in [7, 11) is 0. The number of rotatable bonds is 4. The van der Waals surface area contributed by atoms with E-state index in [2.05, 4.69) is 34.3 Å². The van der Waals surface area contributed by atoms with Gasteiger partial charge in [0.05, 0.1) is 15.8 Å². The lowest BCUT2D eigenvalue weighted by molar-refractivity contribution is 0.0990. The summed E-state index contributed by atoms with van der Waals surface area (Å²) in [4.78, 5) is 31.9. The fourth-order valence-corrected chi connectivity index (χ4v) is 3.80. The molecule has 0 radical (unpaired) electrons. The first-order valence-corrected chi connectivity index (χ1v) is 9.36. The maximum atomic E-state index is 12.3. The first kappa shape index (κ1) is 17.8. The molecule has 4 aromatic rings. The first-order valence-electron chi connectivity index (χ1n) is 8.54. The molecule has 2 aromatic heterocycles. The Morgan fingerprint density at radius 1 is 1.04 bits per heavy atom. The summed E-state index contributed by atoms with van der Waals surface area (Å²) >= 11 is 1.64. The molecule has 2 heterocycles. The van der Waals surface area contributed by atoms with Gasteiger partial charge >= 0.3 is 0 Å². The summed E-state index contributed by atoms with van der Waals surface area (Å²) in [5, 5.41) is 3.74. The molecule has 0 atom stereocenters. The van der Waals surface area contributed by atoms with E-state index in [0.717, 1.165) is 20.8 Å². The Balaban J connectivity index is 1.50. The molecule has 4 rings (SSSR count). The number of primary amides is 1. The fourth-order valence-electron chi connectivity index (χ4n) is 2.73. The highest BCUT2D eigenvalue weighted by Gasteiger charge is 2.10. The van der Waals surface area contributed by atoms with Crippen molar-refractivity contribution in [2.45, 2.75) is 6.92 Å². The summed E-state index contributed by atoms with van der Waals surface area (Å²) in [6, 6.07) is 16.7. The molecule has 138 valence electrons. The van der Waals surface area contributed by atoms with Crippen molar-refractivity contribution in [2.24, 2.45) is 5.73 Å². The molecule has 2 aromatic carbocycles. The highest BCUT2D eigenvalue weighted by atomic mass is 32.1. The average Bonchev–Trinajstić information content (AvgIpc) is 3.11. The molecule has 28 heavy (non-hydrogen) atoms. The highest BCUT2D eigenvalue weighted by molar-refractivity contribution is 7.21. The van der Waals surface area contributed by atoms with Crippen LogP contribution in [0.4, 0.5) is 5.69 Å². The number of benzene rings is 2. The minimum Gasteiger partial charge on any atom is -0.364 e. The number of pyridine rings is 1. The van der Waals surface area contributed by atoms with Crippen molar-refractivity contribution in [3.05, 3.63) is 77.6 Å². The summed E-state index contributed by atoms with van der Waals surface area (Å²) in [6.45, 7) is 2.06. The van der Waals surface area contributed by atoms with Gasteiger partial charge in [-0.05, 0) is 61.0 Å². The molecule has 3 N–H and O–H groups in total. The van der Waals surface area contributed by atoms with E-state index in [1.54, 1.807) is 11.3 Å². The zero-order valence-electron chi connectivity index (χ0n) is 15.0. The third-order valence-corrected chi connectivity index (χ3v) is 5.28. The van der Waals surface area contributed by atoms with Crippen LogP contribution in [0.1, 0.15) is 26.4 Å². The molecule has 0 fully saturated rings. The molecule has 0 saturated heterocycles. The average molecular weight is 388 g/mol. The number of hydrogen-bond acceptors (Lipinski definition) is 5. The zero-order valence-corrected chi connectivity index (χ0v) is 15.8. The number of anilines is 1. The van der Waals surface area contributed by atoms with Crippen LogP contribution in [0.25, 0.3) is 20.8 Å². The van der Waals surface area contributed by atoms with Crippen LogP contribution in [0, 0.1) is 6.92 Å². The second kappa shape index (κ2) is 7.21. The Bertz CT molecular complexity index is 1180. The van der Waals surface area contributed by atoms with Crippen LogP contribution in [-0.2, 0) is 0 Å². The number of amides is 2. The van der Waals surface area contributed by atoms with E-state index in [1.807, 2.05) is 30.3 Å². The molecule has 0 saturated carbocycles. The van der Waals surface area contributed by atoms with Crippen LogP contribution in [0.5, 0.6) is 0 Å². The Labute approximate surface area is 165 Å². The number of thiazole rings is 1. The lowest BCUT2D eigenvalue weighted by Crippen LogP contribution is -2.15. The van der Waals surface area contributed by atoms with Crippen molar-refractivity contribution in [1.82, 2.24) is 9.97 Å². The van der Waals surface area contributed by atoms with Crippen molar-refractivity contribution in [3.63, 3.8) is 0 Å². The Morgan fingerprint density at radius 3 is 2.50 bits per heavy atom. The van der Waals surface area contributed by atoms with E-state index in [1.165, 1.54) is 23.9 Å². The smallest absolute Gasteiger partial charge is 0.267 e. The number of aryl methyl sites for hydroxylation is 1. The van der Waals surface area contributed by atoms with E-state index >= 15 is 0 Å². The second-order valence-electron chi connectivity index (χ2n) is 6.32. The number of aromatic nitrogens is 2. The minimum absolute atomic E-state index is 0.118. The van der Waals surface area contributed by atoms with Crippen molar-refractivity contribution in [1.29, 1.82) is 0 Å². The van der Waals surface area contributed by atoms with Gasteiger partial charge in [-0.25, -0.2) is 4.98 Å². The lowest BCUT2D eigenvalue weighted by Gasteiger charge is -2.06. The van der Waals surface area contributed by atoms with Gasteiger partial charge in [-0.15, -0.1) is 11.3 Å². The summed E-state index contributed by atoms with van der Waals surface area (Å²) in [6.07, 6.45) is 1.33. The molecule has 7 heteroatoms. The van der Waals surface area contributed by atoms with Crippen molar-refractivity contribution in [2.75, 3.05) is 5.32 Å². The van der Waals surface area contributed by atoms with Crippen LogP contribution in [0.2, 0.25) is 0 Å². The number of fused-ring (bicyclic) bond motifs is 1.